The zero-order chi connectivity index (χ0) is 22.8. The molecule has 0 radical (unpaired) electrons. The quantitative estimate of drug-likeness (QED) is 0.585. The van der Waals surface area contributed by atoms with E-state index in [9.17, 15) is 20.1 Å². The van der Waals surface area contributed by atoms with Gasteiger partial charge in [0, 0.05) is 6.42 Å². The monoisotopic (exact) mass is 445 g/mol. The summed E-state index contributed by atoms with van der Waals surface area (Å²) in [4.78, 5) is 30.9. The maximum atomic E-state index is 13.0. The highest BCUT2D eigenvalue weighted by Crippen LogP contribution is 2.40. The first-order chi connectivity index (χ1) is 15.5. The average molecular weight is 445 g/mol. The van der Waals surface area contributed by atoms with Crippen molar-refractivity contribution in [1.29, 1.82) is 10.5 Å². The van der Waals surface area contributed by atoms with Crippen LogP contribution in [0.5, 0.6) is 5.75 Å². The van der Waals surface area contributed by atoms with E-state index < -0.39 is 11.2 Å². The number of methoxy groups -OCH3 is 1. The Labute approximate surface area is 187 Å². The Morgan fingerprint density at radius 1 is 1.19 bits per heavy atom. The summed E-state index contributed by atoms with van der Waals surface area (Å²) < 4.78 is 10.5. The Balaban J connectivity index is 1.70. The molecule has 2 aromatic heterocycles. The summed E-state index contributed by atoms with van der Waals surface area (Å²) in [6.07, 6.45) is 1.34. The molecular weight excluding hydrogens is 430 g/mol. The normalized spacial score (nSPS) is 15.5. The van der Waals surface area contributed by atoms with E-state index in [1.54, 1.807) is 36.4 Å². The largest absolute Gasteiger partial charge is 0.497 e. The molecule has 0 saturated carbocycles. The molecule has 158 valence electrons. The molecule has 1 atom stereocenters. The van der Waals surface area contributed by atoms with Gasteiger partial charge in [-0.05, 0) is 36.4 Å². The summed E-state index contributed by atoms with van der Waals surface area (Å²) in [7, 11) is 1.52. The van der Waals surface area contributed by atoms with Crippen molar-refractivity contribution in [2.45, 2.75) is 16.7 Å². The molecular formula is C22H15N5O4S. The van der Waals surface area contributed by atoms with Gasteiger partial charge < -0.3 is 14.9 Å². The van der Waals surface area contributed by atoms with Crippen molar-refractivity contribution in [2.24, 2.45) is 0 Å². The summed E-state index contributed by atoms with van der Waals surface area (Å²) in [6.45, 7) is 0. The van der Waals surface area contributed by atoms with Crippen molar-refractivity contribution in [2.75, 3.05) is 17.7 Å². The SMILES string of the molecule is COc1ccc(N2C(=O)CC(Sc3nc(N)c(C#N)c(-c4ccco4)c3C#N)C2=O)cc1. The fourth-order valence-electron chi connectivity index (χ4n) is 3.38. The number of nitrogen functional groups attached to an aromatic ring is 1. The summed E-state index contributed by atoms with van der Waals surface area (Å²) in [5.41, 5.74) is 6.67. The fourth-order valence-corrected chi connectivity index (χ4v) is 4.50. The molecule has 0 aliphatic carbocycles. The van der Waals surface area contributed by atoms with E-state index in [4.69, 9.17) is 14.9 Å². The average Bonchev–Trinajstić information content (AvgIpc) is 3.42. The topological polar surface area (TPSA) is 146 Å². The molecule has 3 aromatic rings. The second-order valence-electron chi connectivity index (χ2n) is 6.70. The fraction of sp³-hybridized carbons (Fsp3) is 0.136. The Bertz CT molecular complexity index is 1290. The zero-order valence-electron chi connectivity index (χ0n) is 16.7. The first kappa shape index (κ1) is 21.0. The molecule has 1 aliphatic heterocycles. The third-order valence-electron chi connectivity index (χ3n) is 4.87. The van der Waals surface area contributed by atoms with E-state index in [2.05, 4.69) is 4.98 Å². The van der Waals surface area contributed by atoms with E-state index in [1.807, 2.05) is 12.1 Å². The van der Waals surface area contributed by atoms with Crippen molar-refractivity contribution in [3.8, 4) is 29.2 Å². The minimum absolute atomic E-state index is 0.00883. The summed E-state index contributed by atoms with van der Waals surface area (Å²) in [6, 6.07) is 13.8. The molecule has 0 bridgehead atoms. The van der Waals surface area contributed by atoms with Crippen LogP contribution in [0.4, 0.5) is 11.5 Å². The number of thioether (sulfide) groups is 1. The molecule has 10 heteroatoms. The van der Waals surface area contributed by atoms with Gasteiger partial charge in [-0.1, -0.05) is 11.8 Å². The minimum Gasteiger partial charge on any atom is -0.497 e. The van der Waals surface area contributed by atoms with E-state index in [0.717, 1.165) is 16.7 Å². The van der Waals surface area contributed by atoms with Crippen LogP contribution in [0.3, 0.4) is 0 Å². The first-order valence-corrected chi connectivity index (χ1v) is 10.2. The predicted molar refractivity (Wildman–Crippen MR) is 116 cm³/mol. The number of nitrogens with two attached hydrogens (primary N) is 1. The van der Waals surface area contributed by atoms with Crippen molar-refractivity contribution >= 4 is 35.1 Å². The Hall–Kier alpha value is -4.28. The molecule has 1 saturated heterocycles. The van der Waals surface area contributed by atoms with Crippen molar-refractivity contribution in [1.82, 2.24) is 4.98 Å². The molecule has 1 unspecified atom stereocenters. The first-order valence-electron chi connectivity index (χ1n) is 9.33. The highest BCUT2D eigenvalue weighted by atomic mass is 32.2. The predicted octanol–water partition coefficient (Wildman–Crippen LogP) is 3.10. The number of hydrogen-bond donors (Lipinski definition) is 1. The van der Waals surface area contributed by atoms with Crippen LogP contribution in [0, 0.1) is 22.7 Å². The van der Waals surface area contributed by atoms with Gasteiger partial charge in [-0.2, -0.15) is 10.5 Å². The second-order valence-corrected chi connectivity index (χ2v) is 7.90. The van der Waals surface area contributed by atoms with E-state index in [1.165, 1.54) is 13.4 Å². The number of hydrogen-bond acceptors (Lipinski definition) is 9. The molecule has 4 rings (SSSR count). The molecule has 2 N–H and O–H groups in total. The van der Waals surface area contributed by atoms with Gasteiger partial charge in [0.25, 0.3) is 0 Å². The lowest BCUT2D eigenvalue weighted by Gasteiger charge is -2.16. The molecule has 1 fully saturated rings. The van der Waals surface area contributed by atoms with Gasteiger partial charge in [-0.3, -0.25) is 9.59 Å². The van der Waals surface area contributed by atoms with Crippen LogP contribution < -0.4 is 15.4 Å². The lowest BCUT2D eigenvalue weighted by atomic mass is 10.0. The second kappa shape index (κ2) is 8.46. The Kier molecular flexibility index (Phi) is 5.54. The number of carbonyl (C=O) groups is 2. The molecule has 9 nitrogen and oxygen atoms in total. The highest BCUT2D eigenvalue weighted by Gasteiger charge is 2.41. The van der Waals surface area contributed by atoms with Gasteiger partial charge in [0.2, 0.25) is 11.8 Å². The number of imide groups is 1. The van der Waals surface area contributed by atoms with E-state index in [-0.39, 0.29) is 45.6 Å². The van der Waals surface area contributed by atoms with E-state index in [0.29, 0.717) is 11.4 Å². The summed E-state index contributed by atoms with van der Waals surface area (Å²) in [5.74, 6) is -0.0190. The van der Waals surface area contributed by atoms with Crippen molar-refractivity contribution in [3.05, 3.63) is 53.8 Å². The zero-order valence-corrected chi connectivity index (χ0v) is 17.5. The number of aromatic nitrogens is 1. The number of benzene rings is 1. The molecule has 32 heavy (non-hydrogen) atoms. The molecule has 3 heterocycles. The summed E-state index contributed by atoms with van der Waals surface area (Å²) in [5, 5.41) is 18.7. The smallest absolute Gasteiger partial charge is 0.247 e. The number of ether oxygens (including phenoxy) is 1. The number of nitrogens with zero attached hydrogens (tertiary/aromatic N) is 4. The number of anilines is 2. The highest BCUT2D eigenvalue weighted by molar-refractivity contribution is 8.00. The number of furan rings is 1. The van der Waals surface area contributed by atoms with Gasteiger partial charge in [0.05, 0.1) is 35.4 Å². The van der Waals surface area contributed by atoms with Gasteiger partial charge in [0.1, 0.15) is 40.1 Å². The summed E-state index contributed by atoms with van der Waals surface area (Å²) >= 11 is 0.964. The number of amides is 2. The Morgan fingerprint density at radius 3 is 2.50 bits per heavy atom. The minimum atomic E-state index is -0.805. The van der Waals surface area contributed by atoms with Crippen molar-refractivity contribution in [3.63, 3.8) is 0 Å². The number of rotatable bonds is 5. The molecule has 1 aliphatic rings. The maximum absolute atomic E-state index is 13.0. The van der Waals surface area contributed by atoms with Crippen molar-refractivity contribution < 1.29 is 18.7 Å². The van der Waals surface area contributed by atoms with Gasteiger partial charge in [-0.15, -0.1) is 0 Å². The van der Waals surface area contributed by atoms with Crippen LogP contribution in [0.25, 0.3) is 11.3 Å². The van der Waals surface area contributed by atoms with Gasteiger partial charge >= 0.3 is 0 Å². The van der Waals surface area contributed by atoms with Crippen LogP contribution in [0.2, 0.25) is 0 Å². The standard InChI is InChI=1S/C22H15N5O4S/c1-30-13-6-4-12(5-7-13)27-18(28)9-17(22(27)29)32-21-15(11-24)19(16-3-2-8-31-16)14(10-23)20(25)26-21/h2-8,17H,9H2,1H3,(H2,25,26). The lowest BCUT2D eigenvalue weighted by Crippen LogP contribution is -2.31. The van der Waals surface area contributed by atoms with E-state index >= 15 is 0 Å². The van der Waals surface area contributed by atoms with Crippen LogP contribution in [-0.2, 0) is 9.59 Å². The van der Waals surface area contributed by atoms with Gasteiger partial charge in [-0.25, -0.2) is 9.88 Å². The molecule has 2 amide bonds. The third kappa shape index (κ3) is 3.53. The van der Waals surface area contributed by atoms with Crippen LogP contribution in [0.15, 0.2) is 52.1 Å². The number of pyridine rings is 1. The number of carbonyl (C=O) groups excluding carboxylic acids is 2. The van der Waals surface area contributed by atoms with Crippen LogP contribution in [-0.4, -0.2) is 29.2 Å². The Morgan fingerprint density at radius 2 is 1.91 bits per heavy atom. The molecule has 0 spiro atoms. The van der Waals surface area contributed by atoms with Gasteiger partial charge in [0.15, 0.2) is 0 Å². The molecule has 1 aromatic carbocycles. The van der Waals surface area contributed by atoms with Crippen LogP contribution in [0.1, 0.15) is 17.5 Å². The lowest BCUT2D eigenvalue weighted by molar-refractivity contribution is -0.121. The third-order valence-corrected chi connectivity index (χ3v) is 6.04. The number of nitriles is 2. The maximum Gasteiger partial charge on any atom is 0.247 e. The van der Waals surface area contributed by atoms with Crippen LogP contribution >= 0.6 is 11.8 Å².